The number of hydrogen-bond acceptors (Lipinski definition) is 6. The number of carbonyl (C=O) groups excluding carboxylic acids is 4. The van der Waals surface area contributed by atoms with Crippen LogP contribution in [0.25, 0.3) is 0 Å². The molecule has 0 saturated heterocycles. The molecule has 4 aliphatic rings. The quantitative estimate of drug-likeness (QED) is 0.380. The number of rotatable bonds is 7. The molecule has 0 aromatic heterocycles. The molecule has 197 valence electrons. The Hall–Kier alpha value is -0.610. The number of nitrogens with one attached hydrogen (secondary N) is 1. The summed E-state index contributed by atoms with van der Waals surface area (Å²) in [5.74, 6) is 0.108. The van der Waals surface area contributed by atoms with Crippen molar-refractivity contribution >= 4 is 62.9 Å². The van der Waals surface area contributed by atoms with Gasteiger partial charge in [-0.05, 0) is 60.7 Å². The van der Waals surface area contributed by atoms with Gasteiger partial charge in [0, 0.05) is 79.5 Å². The Kier molecular flexibility index (Phi) is 9.04. The van der Waals surface area contributed by atoms with Crippen molar-refractivity contribution in [1.29, 1.82) is 0 Å². The van der Waals surface area contributed by atoms with Crippen LogP contribution in [-0.4, -0.2) is 78.1 Å². The zero-order chi connectivity index (χ0) is 25.8. The third kappa shape index (κ3) is 5.42. The number of ketones is 3. The average Bonchev–Trinajstić information content (AvgIpc) is 3.12. The summed E-state index contributed by atoms with van der Waals surface area (Å²) in [7, 11) is -4.12. The number of Topliss-reactive ketones (excluding diaryl/α,β-unsaturated/α-hetero) is 3. The molecule has 8 nitrogen and oxygen atoms in total. The van der Waals surface area contributed by atoms with Crippen LogP contribution in [-0.2, 0) is 29.3 Å². The minimum atomic E-state index is -4.12. The van der Waals surface area contributed by atoms with Crippen LogP contribution in [0.1, 0.15) is 78.6 Å². The minimum absolute atomic E-state index is 0. The largest absolute Gasteiger partial charge is 0.355 e. The second-order valence-electron chi connectivity index (χ2n) is 12.1. The SMILES string of the molecule is C[C@H](CCC(=O)NCCS(=O)(=O)O)[C@H]1CC[C@H]2[C@@H]3C(=O)C[C@@H]4CC(=O)CC[C@]4(C)[C@H]3CC(=O)[C@]12C.[Na]. The number of fused-ring (bicyclic) bond motifs is 5. The number of carbonyl (C=O) groups is 4. The molecule has 4 saturated carbocycles. The maximum atomic E-state index is 13.8. The van der Waals surface area contributed by atoms with Gasteiger partial charge in [0.1, 0.15) is 17.3 Å². The topological polar surface area (TPSA) is 135 Å². The van der Waals surface area contributed by atoms with Gasteiger partial charge in [-0.2, -0.15) is 8.42 Å². The predicted octanol–water partition coefficient (Wildman–Crippen LogP) is 2.61. The van der Waals surface area contributed by atoms with Gasteiger partial charge in [-0.15, -0.1) is 0 Å². The summed E-state index contributed by atoms with van der Waals surface area (Å²) in [6, 6.07) is 0. The Morgan fingerprint density at radius 2 is 1.81 bits per heavy atom. The molecule has 0 unspecified atom stereocenters. The molecule has 0 aromatic carbocycles. The molecule has 4 aliphatic carbocycles. The molecular formula is C26H39NNaO7S. The van der Waals surface area contributed by atoms with E-state index < -0.39 is 21.3 Å². The van der Waals surface area contributed by atoms with Crippen molar-refractivity contribution < 1.29 is 32.1 Å². The fourth-order valence-corrected chi connectivity index (χ4v) is 8.72. The van der Waals surface area contributed by atoms with Crippen molar-refractivity contribution in [3.05, 3.63) is 0 Å². The zero-order valence-electron chi connectivity index (χ0n) is 22.0. The van der Waals surface area contributed by atoms with Gasteiger partial charge in [-0.3, -0.25) is 23.7 Å². The van der Waals surface area contributed by atoms with E-state index in [2.05, 4.69) is 19.2 Å². The minimum Gasteiger partial charge on any atom is -0.355 e. The van der Waals surface area contributed by atoms with Gasteiger partial charge in [0.15, 0.2) is 0 Å². The van der Waals surface area contributed by atoms with Crippen LogP contribution in [0.15, 0.2) is 0 Å². The van der Waals surface area contributed by atoms with Crippen LogP contribution in [0.4, 0.5) is 0 Å². The molecule has 10 heteroatoms. The fourth-order valence-electron chi connectivity index (χ4n) is 8.36. The smallest absolute Gasteiger partial charge is 0.266 e. The van der Waals surface area contributed by atoms with E-state index in [9.17, 15) is 27.6 Å². The number of hydrogen-bond donors (Lipinski definition) is 2. The summed E-state index contributed by atoms with van der Waals surface area (Å²) < 4.78 is 30.4. The molecule has 0 aromatic rings. The second kappa shape index (κ2) is 10.9. The van der Waals surface area contributed by atoms with Crippen molar-refractivity contribution in [3.63, 3.8) is 0 Å². The first-order valence-corrected chi connectivity index (χ1v) is 14.7. The van der Waals surface area contributed by atoms with E-state index in [1.165, 1.54) is 0 Å². The Labute approximate surface area is 236 Å². The maximum Gasteiger partial charge on any atom is 0.266 e. The van der Waals surface area contributed by atoms with Gasteiger partial charge in [-0.1, -0.05) is 20.8 Å². The van der Waals surface area contributed by atoms with Gasteiger partial charge in [0.05, 0.1) is 5.75 Å². The summed E-state index contributed by atoms with van der Waals surface area (Å²) in [5, 5.41) is 2.52. The molecule has 0 bridgehead atoms. The molecule has 4 fully saturated rings. The predicted molar refractivity (Wildman–Crippen MR) is 135 cm³/mol. The molecule has 4 rings (SSSR count). The summed E-state index contributed by atoms with van der Waals surface area (Å²) >= 11 is 0. The third-order valence-electron chi connectivity index (χ3n) is 10.4. The van der Waals surface area contributed by atoms with Crippen LogP contribution in [0.3, 0.4) is 0 Å². The van der Waals surface area contributed by atoms with Crippen molar-refractivity contribution in [1.82, 2.24) is 5.32 Å². The summed E-state index contributed by atoms with van der Waals surface area (Å²) in [6.45, 7) is 6.18. The Morgan fingerprint density at radius 3 is 2.47 bits per heavy atom. The first kappa shape index (κ1) is 29.9. The van der Waals surface area contributed by atoms with Crippen molar-refractivity contribution in [2.75, 3.05) is 12.3 Å². The molecule has 1 radical (unpaired) electrons. The van der Waals surface area contributed by atoms with Crippen LogP contribution in [0.5, 0.6) is 0 Å². The first-order valence-electron chi connectivity index (χ1n) is 13.1. The second-order valence-corrected chi connectivity index (χ2v) is 13.7. The molecule has 8 atom stereocenters. The van der Waals surface area contributed by atoms with Gasteiger partial charge in [0.25, 0.3) is 10.1 Å². The molecule has 2 N–H and O–H groups in total. The standard InChI is InChI=1S/C26H39NO7S.Na/c1-15(4-7-23(31)27-10-11-35(32,33)34)18-5-6-19-24-20(14-22(30)26(18,19)3)25(2)9-8-17(28)12-16(25)13-21(24)29;/h15-16,18-20,24H,4-14H2,1-3H3,(H,27,31)(H,32,33,34);/t15-,16+,18-,19+,20+,24+,25+,26-;/m1./s1. The van der Waals surface area contributed by atoms with E-state index >= 15 is 0 Å². The van der Waals surface area contributed by atoms with Gasteiger partial charge < -0.3 is 5.32 Å². The van der Waals surface area contributed by atoms with E-state index in [4.69, 9.17) is 4.55 Å². The fraction of sp³-hybridized carbons (Fsp3) is 0.846. The van der Waals surface area contributed by atoms with Crippen LogP contribution in [0.2, 0.25) is 0 Å². The van der Waals surface area contributed by atoms with Crippen molar-refractivity contribution in [3.8, 4) is 0 Å². The van der Waals surface area contributed by atoms with Crippen molar-refractivity contribution in [2.45, 2.75) is 78.6 Å². The Balaban J connectivity index is 0.00000361. The first-order chi connectivity index (χ1) is 16.3. The van der Waals surface area contributed by atoms with E-state index in [1.807, 2.05) is 6.92 Å². The summed E-state index contributed by atoms with van der Waals surface area (Å²) in [4.78, 5) is 51.5. The van der Waals surface area contributed by atoms with Gasteiger partial charge in [0.2, 0.25) is 5.91 Å². The number of amides is 1. The van der Waals surface area contributed by atoms with E-state index in [0.29, 0.717) is 32.1 Å². The van der Waals surface area contributed by atoms with Crippen LogP contribution >= 0.6 is 0 Å². The molecular weight excluding hydrogens is 493 g/mol. The van der Waals surface area contributed by atoms with E-state index in [1.54, 1.807) is 0 Å². The zero-order valence-corrected chi connectivity index (χ0v) is 24.9. The average molecular weight is 533 g/mol. The van der Waals surface area contributed by atoms with E-state index in [0.717, 1.165) is 19.3 Å². The normalized spacial score (nSPS) is 38.9. The van der Waals surface area contributed by atoms with Crippen LogP contribution in [0, 0.1) is 46.3 Å². The maximum absolute atomic E-state index is 13.8. The summed E-state index contributed by atoms with van der Waals surface area (Å²) in [6.07, 6.45) is 5.13. The monoisotopic (exact) mass is 532 g/mol. The van der Waals surface area contributed by atoms with Gasteiger partial charge >= 0.3 is 0 Å². The van der Waals surface area contributed by atoms with Crippen LogP contribution < -0.4 is 5.32 Å². The molecule has 36 heavy (non-hydrogen) atoms. The Morgan fingerprint density at radius 1 is 1.11 bits per heavy atom. The van der Waals surface area contributed by atoms with E-state index in [-0.39, 0.29) is 107 Å². The molecule has 1 amide bonds. The van der Waals surface area contributed by atoms with Gasteiger partial charge in [-0.25, -0.2) is 0 Å². The molecule has 0 spiro atoms. The van der Waals surface area contributed by atoms with Crippen molar-refractivity contribution in [2.24, 2.45) is 46.3 Å². The molecule has 0 heterocycles. The third-order valence-corrected chi connectivity index (χ3v) is 11.1. The Bertz CT molecular complexity index is 1030. The molecule has 0 aliphatic heterocycles. The summed E-state index contributed by atoms with van der Waals surface area (Å²) in [5.41, 5.74) is -0.710.